The highest BCUT2D eigenvalue weighted by Gasteiger charge is 2.37. The Morgan fingerprint density at radius 3 is 2.61 bits per heavy atom. The number of alkyl halides is 3. The molecule has 2 rings (SSSR count). The summed E-state index contributed by atoms with van der Waals surface area (Å²) in [6.07, 6.45) is -2.95. The maximum atomic E-state index is 12.7. The van der Waals surface area contributed by atoms with Crippen molar-refractivity contribution in [1.29, 1.82) is 0 Å². The first kappa shape index (κ1) is 13.0. The van der Waals surface area contributed by atoms with E-state index in [0.717, 1.165) is 16.9 Å². The van der Waals surface area contributed by atoms with Crippen molar-refractivity contribution in [2.75, 3.05) is 0 Å². The largest absolute Gasteiger partial charge is 0.434 e. The van der Waals surface area contributed by atoms with Crippen LogP contribution in [0.1, 0.15) is 16.1 Å². The summed E-state index contributed by atoms with van der Waals surface area (Å²) in [4.78, 5) is 7.72. The van der Waals surface area contributed by atoms with Gasteiger partial charge in [-0.15, -0.1) is 11.3 Å². The second-order valence-electron chi connectivity index (χ2n) is 3.66. The van der Waals surface area contributed by atoms with E-state index in [-0.39, 0.29) is 16.4 Å². The number of aryl methyl sites for hydroxylation is 1. The van der Waals surface area contributed by atoms with E-state index in [9.17, 15) is 13.2 Å². The number of thiazole rings is 1. The van der Waals surface area contributed by atoms with Crippen LogP contribution in [0.4, 0.5) is 13.2 Å². The molecule has 0 radical (unpaired) electrons. The Balaban J connectivity index is 2.55. The number of hydrogen-bond acceptors (Lipinski definition) is 4. The van der Waals surface area contributed by atoms with E-state index in [1.165, 1.54) is 6.20 Å². The number of aromatic nitrogens is 2. The molecule has 0 bridgehead atoms. The molecular weight excluding hydrogens is 263 g/mol. The third-order valence-electron chi connectivity index (χ3n) is 2.36. The molecule has 0 saturated heterocycles. The minimum atomic E-state index is -4.48. The first-order valence-electron chi connectivity index (χ1n) is 5.12. The fourth-order valence-corrected chi connectivity index (χ4v) is 2.54. The van der Waals surface area contributed by atoms with E-state index in [0.29, 0.717) is 5.69 Å². The number of nitrogens with two attached hydrogens (primary N) is 1. The van der Waals surface area contributed by atoms with Crippen molar-refractivity contribution in [3.05, 3.63) is 34.5 Å². The quantitative estimate of drug-likeness (QED) is 0.915. The van der Waals surface area contributed by atoms with Crippen LogP contribution >= 0.6 is 11.3 Å². The Bertz CT molecular complexity index is 563. The van der Waals surface area contributed by atoms with Crippen LogP contribution in [0.3, 0.4) is 0 Å². The Morgan fingerprint density at radius 1 is 1.39 bits per heavy atom. The van der Waals surface area contributed by atoms with Crippen molar-refractivity contribution >= 4 is 11.3 Å². The minimum Gasteiger partial charge on any atom is -0.326 e. The Morgan fingerprint density at radius 2 is 2.11 bits per heavy atom. The summed E-state index contributed by atoms with van der Waals surface area (Å²) in [6, 6.07) is 3.50. The van der Waals surface area contributed by atoms with Gasteiger partial charge in [0.25, 0.3) is 0 Å². The second kappa shape index (κ2) is 4.66. The van der Waals surface area contributed by atoms with Gasteiger partial charge in [0.1, 0.15) is 10.7 Å². The van der Waals surface area contributed by atoms with Gasteiger partial charge in [0, 0.05) is 12.7 Å². The SMILES string of the molecule is Cc1cccnc1-c1nc(C(F)(F)F)c(CN)s1. The molecule has 0 atom stereocenters. The molecule has 96 valence electrons. The summed E-state index contributed by atoms with van der Waals surface area (Å²) in [5, 5.41) is 0.251. The van der Waals surface area contributed by atoms with Crippen LogP contribution < -0.4 is 5.73 Å². The van der Waals surface area contributed by atoms with Gasteiger partial charge in [0.15, 0.2) is 5.69 Å². The number of hydrogen-bond donors (Lipinski definition) is 1. The molecule has 3 nitrogen and oxygen atoms in total. The van der Waals surface area contributed by atoms with Crippen LogP contribution in [0.25, 0.3) is 10.7 Å². The van der Waals surface area contributed by atoms with Crippen molar-refractivity contribution in [2.45, 2.75) is 19.6 Å². The van der Waals surface area contributed by atoms with Gasteiger partial charge in [-0.1, -0.05) is 6.07 Å². The molecule has 2 heterocycles. The Kier molecular flexibility index (Phi) is 3.36. The predicted octanol–water partition coefficient (Wildman–Crippen LogP) is 2.99. The fourth-order valence-electron chi connectivity index (χ4n) is 1.52. The van der Waals surface area contributed by atoms with E-state index >= 15 is 0 Å². The lowest BCUT2D eigenvalue weighted by Crippen LogP contribution is -2.10. The van der Waals surface area contributed by atoms with Gasteiger partial charge in [0.2, 0.25) is 0 Å². The van der Waals surface area contributed by atoms with Crippen LogP contribution in [0.15, 0.2) is 18.3 Å². The van der Waals surface area contributed by atoms with E-state index in [2.05, 4.69) is 9.97 Å². The summed E-state index contributed by atoms with van der Waals surface area (Å²) < 4.78 is 38.2. The summed E-state index contributed by atoms with van der Waals surface area (Å²) >= 11 is 0.935. The van der Waals surface area contributed by atoms with E-state index in [1.54, 1.807) is 19.1 Å². The summed E-state index contributed by atoms with van der Waals surface area (Å²) in [5.74, 6) is 0. The highest BCUT2D eigenvalue weighted by atomic mass is 32.1. The number of nitrogens with zero attached hydrogens (tertiary/aromatic N) is 2. The maximum absolute atomic E-state index is 12.7. The van der Waals surface area contributed by atoms with Crippen molar-refractivity contribution in [3.63, 3.8) is 0 Å². The standard InChI is InChI=1S/C11H10F3N3S/c1-6-3-2-4-16-8(6)10-17-9(11(12,13)14)7(5-15)18-10/h2-4H,5,15H2,1H3. The van der Waals surface area contributed by atoms with E-state index < -0.39 is 11.9 Å². The fraction of sp³-hybridized carbons (Fsp3) is 0.273. The minimum absolute atomic E-state index is 0.0301. The molecule has 0 aliphatic rings. The van der Waals surface area contributed by atoms with E-state index in [1.807, 2.05) is 0 Å². The zero-order chi connectivity index (χ0) is 13.3. The molecule has 0 amide bonds. The number of rotatable bonds is 2. The summed E-state index contributed by atoms with van der Waals surface area (Å²) in [5.41, 5.74) is 5.67. The Hall–Kier alpha value is -1.47. The maximum Gasteiger partial charge on any atom is 0.434 e. The predicted molar refractivity (Wildman–Crippen MR) is 63.0 cm³/mol. The lowest BCUT2D eigenvalue weighted by Gasteiger charge is -2.03. The highest BCUT2D eigenvalue weighted by Crippen LogP contribution is 2.37. The molecule has 7 heteroatoms. The molecular formula is C11H10F3N3S. The van der Waals surface area contributed by atoms with Gasteiger partial charge in [-0.2, -0.15) is 13.2 Å². The lowest BCUT2D eigenvalue weighted by atomic mass is 10.2. The molecule has 18 heavy (non-hydrogen) atoms. The first-order valence-corrected chi connectivity index (χ1v) is 5.94. The molecule has 0 fully saturated rings. The van der Waals surface area contributed by atoms with Crippen LogP contribution in [0.5, 0.6) is 0 Å². The zero-order valence-electron chi connectivity index (χ0n) is 9.45. The molecule has 0 saturated carbocycles. The van der Waals surface area contributed by atoms with Crippen LogP contribution in [0.2, 0.25) is 0 Å². The van der Waals surface area contributed by atoms with Gasteiger partial charge in [-0.3, -0.25) is 4.98 Å². The van der Waals surface area contributed by atoms with Gasteiger partial charge in [0.05, 0.1) is 4.88 Å². The van der Waals surface area contributed by atoms with Crippen molar-refractivity contribution in [3.8, 4) is 10.7 Å². The highest BCUT2D eigenvalue weighted by molar-refractivity contribution is 7.15. The average molecular weight is 273 g/mol. The number of halogens is 3. The van der Waals surface area contributed by atoms with E-state index in [4.69, 9.17) is 5.73 Å². The normalized spacial score (nSPS) is 11.8. The third kappa shape index (κ3) is 2.37. The molecule has 0 aromatic carbocycles. The van der Waals surface area contributed by atoms with Crippen molar-refractivity contribution in [2.24, 2.45) is 5.73 Å². The summed E-state index contributed by atoms with van der Waals surface area (Å²) in [7, 11) is 0. The lowest BCUT2D eigenvalue weighted by molar-refractivity contribution is -0.141. The molecule has 2 aromatic rings. The third-order valence-corrected chi connectivity index (χ3v) is 3.45. The topological polar surface area (TPSA) is 51.8 Å². The molecule has 0 aliphatic heterocycles. The molecule has 2 aromatic heterocycles. The van der Waals surface area contributed by atoms with Gasteiger partial charge >= 0.3 is 6.18 Å². The monoisotopic (exact) mass is 273 g/mol. The molecule has 0 aliphatic carbocycles. The molecule has 2 N–H and O–H groups in total. The van der Waals surface area contributed by atoms with Crippen LogP contribution in [0, 0.1) is 6.92 Å². The average Bonchev–Trinajstić information content (AvgIpc) is 2.73. The van der Waals surface area contributed by atoms with Crippen LogP contribution in [-0.4, -0.2) is 9.97 Å². The Labute approximate surface area is 105 Å². The van der Waals surface area contributed by atoms with Gasteiger partial charge in [-0.05, 0) is 18.6 Å². The van der Waals surface area contributed by atoms with Crippen LogP contribution in [-0.2, 0) is 12.7 Å². The zero-order valence-corrected chi connectivity index (χ0v) is 10.3. The van der Waals surface area contributed by atoms with Gasteiger partial charge < -0.3 is 5.73 Å². The number of pyridine rings is 1. The van der Waals surface area contributed by atoms with Crippen molar-refractivity contribution in [1.82, 2.24) is 9.97 Å². The van der Waals surface area contributed by atoms with Gasteiger partial charge in [-0.25, -0.2) is 4.98 Å². The molecule has 0 unspecified atom stereocenters. The smallest absolute Gasteiger partial charge is 0.326 e. The first-order chi connectivity index (χ1) is 8.43. The second-order valence-corrected chi connectivity index (χ2v) is 4.75. The summed E-state index contributed by atoms with van der Waals surface area (Å²) in [6.45, 7) is 1.59. The van der Waals surface area contributed by atoms with Crippen molar-refractivity contribution < 1.29 is 13.2 Å². The molecule has 0 spiro atoms.